The molecule has 4 unspecified atom stereocenters. The van der Waals surface area contributed by atoms with Crippen molar-refractivity contribution in [3.05, 3.63) is 36.4 Å². The minimum absolute atomic E-state index is 0.0103. The number of benzene rings is 1. The quantitative estimate of drug-likeness (QED) is 0.322. The van der Waals surface area contributed by atoms with Crippen molar-refractivity contribution < 1.29 is 18.3 Å². The van der Waals surface area contributed by atoms with Gasteiger partial charge in [0.25, 0.3) is 0 Å². The average Bonchev–Trinajstić information content (AvgIpc) is 2.95. The Morgan fingerprint density at radius 3 is 1.73 bits per heavy atom. The molecule has 0 aliphatic heterocycles. The molecule has 0 saturated heterocycles. The minimum Gasteiger partial charge on any atom is -0.491 e. The Bertz CT molecular complexity index is 885. The molecular weight excluding hydrogens is 466 g/mol. The molecule has 37 heavy (non-hydrogen) atoms. The molecule has 1 aromatic rings. The molecule has 0 heterocycles. The monoisotopic (exact) mass is 514 g/mol. The van der Waals surface area contributed by atoms with Gasteiger partial charge < -0.3 is 9.47 Å². The third kappa shape index (κ3) is 6.36. The second-order valence-electron chi connectivity index (χ2n) is 12.8. The maximum atomic E-state index is 14.4. The minimum atomic E-state index is -0.949. The number of fused-ring (bicyclic) bond motifs is 1. The van der Waals surface area contributed by atoms with Gasteiger partial charge in [-0.05, 0) is 156 Å². The van der Waals surface area contributed by atoms with Gasteiger partial charge in [0.2, 0.25) is 11.6 Å². The summed E-state index contributed by atoms with van der Waals surface area (Å²) in [7, 11) is 0. The topological polar surface area (TPSA) is 18.5 Å². The van der Waals surface area contributed by atoms with Gasteiger partial charge >= 0.3 is 0 Å². The standard InChI is InChI=1S/C33H48F2O2/c1-3-22-5-8-24(9-6-22)25-11-13-26(14-12-25)28-16-15-27-19-23(7-10-29(27)20-28)21-37-31-18-17-30(36-4-2)32(34)33(31)35/h3,17-18,22-29H,1,4-16,19-21H2,2H3. The van der Waals surface area contributed by atoms with Gasteiger partial charge in [-0.15, -0.1) is 6.58 Å². The Labute approximate surface area is 223 Å². The van der Waals surface area contributed by atoms with Crippen molar-refractivity contribution in [2.45, 2.75) is 96.8 Å². The summed E-state index contributed by atoms with van der Waals surface area (Å²) in [5, 5.41) is 0. The largest absolute Gasteiger partial charge is 0.491 e. The first-order valence-electron chi connectivity index (χ1n) is 15.4. The van der Waals surface area contributed by atoms with E-state index in [9.17, 15) is 8.78 Å². The smallest absolute Gasteiger partial charge is 0.204 e. The molecule has 206 valence electrons. The molecule has 0 spiro atoms. The van der Waals surface area contributed by atoms with E-state index in [0.29, 0.717) is 19.1 Å². The lowest BCUT2D eigenvalue weighted by atomic mass is 9.60. The molecule has 4 aliphatic carbocycles. The number of rotatable bonds is 8. The van der Waals surface area contributed by atoms with Crippen molar-refractivity contribution in [3.63, 3.8) is 0 Å². The Balaban J connectivity index is 1.05. The number of hydrogen-bond acceptors (Lipinski definition) is 2. The van der Waals surface area contributed by atoms with Crippen LogP contribution in [0.25, 0.3) is 0 Å². The Kier molecular flexibility index (Phi) is 9.14. The highest BCUT2D eigenvalue weighted by Crippen LogP contribution is 2.50. The van der Waals surface area contributed by atoms with Crippen LogP contribution in [-0.2, 0) is 0 Å². The molecule has 2 nitrogen and oxygen atoms in total. The zero-order valence-electron chi connectivity index (χ0n) is 22.9. The Morgan fingerprint density at radius 1 is 0.676 bits per heavy atom. The van der Waals surface area contributed by atoms with Crippen LogP contribution in [0.15, 0.2) is 24.8 Å². The van der Waals surface area contributed by atoms with Crippen LogP contribution < -0.4 is 9.47 Å². The first-order chi connectivity index (χ1) is 18.1. The van der Waals surface area contributed by atoms with E-state index in [1.54, 1.807) is 6.92 Å². The molecule has 4 atom stereocenters. The molecule has 0 aromatic heterocycles. The second-order valence-corrected chi connectivity index (χ2v) is 12.8. The third-order valence-corrected chi connectivity index (χ3v) is 10.8. The van der Waals surface area contributed by atoms with Crippen molar-refractivity contribution in [3.8, 4) is 11.5 Å². The molecule has 0 N–H and O–H groups in total. The van der Waals surface area contributed by atoms with Crippen molar-refractivity contribution in [2.75, 3.05) is 13.2 Å². The predicted octanol–water partition coefficient (Wildman–Crippen LogP) is 9.37. The third-order valence-electron chi connectivity index (χ3n) is 10.8. The summed E-state index contributed by atoms with van der Waals surface area (Å²) in [6, 6.07) is 2.97. The van der Waals surface area contributed by atoms with Crippen LogP contribution in [0.4, 0.5) is 8.78 Å². The molecule has 1 aromatic carbocycles. The predicted molar refractivity (Wildman–Crippen MR) is 146 cm³/mol. The van der Waals surface area contributed by atoms with Gasteiger partial charge in [-0.2, -0.15) is 8.78 Å². The number of ether oxygens (including phenoxy) is 2. The molecule has 0 amide bonds. The van der Waals surface area contributed by atoms with Crippen molar-refractivity contribution >= 4 is 0 Å². The van der Waals surface area contributed by atoms with E-state index < -0.39 is 11.6 Å². The van der Waals surface area contributed by atoms with E-state index in [1.807, 2.05) is 0 Å². The van der Waals surface area contributed by atoms with Gasteiger partial charge in [-0.1, -0.05) is 6.08 Å². The van der Waals surface area contributed by atoms with Crippen molar-refractivity contribution in [2.24, 2.45) is 47.3 Å². The fourth-order valence-electron chi connectivity index (χ4n) is 8.64. The summed E-state index contributed by atoms with van der Waals surface area (Å²) in [5.74, 6) is 4.82. The first kappa shape index (κ1) is 27.0. The highest BCUT2D eigenvalue weighted by atomic mass is 19.2. The van der Waals surface area contributed by atoms with Gasteiger partial charge in [-0.25, -0.2) is 0 Å². The first-order valence-corrected chi connectivity index (χ1v) is 15.4. The van der Waals surface area contributed by atoms with E-state index in [1.165, 1.54) is 95.6 Å². The average molecular weight is 515 g/mol. The van der Waals surface area contributed by atoms with Crippen molar-refractivity contribution in [1.29, 1.82) is 0 Å². The summed E-state index contributed by atoms with van der Waals surface area (Å²) in [6.07, 6.45) is 21.5. The summed E-state index contributed by atoms with van der Waals surface area (Å²) >= 11 is 0. The zero-order valence-corrected chi connectivity index (χ0v) is 22.9. The lowest BCUT2D eigenvalue weighted by Gasteiger charge is -2.46. The van der Waals surface area contributed by atoms with Gasteiger partial charge in [-0.3, -0.25) is 0 Å². The van der Waals surface area contributed by atoms with Crippen LogP contribution in [0.3, 0.4) is 0 Å². The fraction of sp³-hybridized carbons (Fsp3) is 0.758. The maximum absolute atomic E-state index is 14.4. The Hall–Kier alpha value is -1.58. The number of halogens is 2. The molecule has 4 saturated carbocycles. The van der Waals surface area contributed by atoms with E-state index in [4.69, 9.17) is 9.47 Å². The molecule has 4 aliphatic rings. The van der Waals surface area contributed by atoms with Crippen molar-refractivity contribution in [1.82, 2.24) is 0 Å². The van der Waals surface area contributed by atoms with E-state index in [-0.39, 0.29) is 11.5 Å². The number of hydrogen-bond donors (Lipinski definition) is 0. The SMILES string of the molecule is C=CC1CCC(C2CCC(C3CCC4CC(COc5ccc(OCC)c(F)c5F)CCC4C3)CC2)CC1. The zero-order chi connectivity index (χ0) is 25.8. The lowest BCUT2D eigenvalue weighted by molar-refractivity contribution is 0.0425. The van der Waals surface area contributed by atoms with Gasteiger partial charge in [0, 0.05) is 0 Å². The molecule has 0 bridgehead atoms. The highest BCUT2D eigenvalue weighted by molar-refractivity contribution is 5.35. The van der Waals surface area contributed by atoms with E-state index >= 15 is 0 Å². The van der Waals surface area contributed by atoms with Gasteiger partial charge in [0.05, 0.1) is 13.2 Å². The fourth-order valence-corrected chi connectivity index (χ4v) is 8.64. The molecule has 4 heteroatoms. The van der Waals surface area contributed by atoms with Crippen LogP contribution >= 0.6 is 0 Å². The molecule has 5 rings (SSSR count). The van der Waals surface area contributed by atoms with E-state index in [0.717, 1.165) is 47.8 Å². The van der Waals surface area contributed by atoms with Crippen LogP contribution in [0.2, 0.25) is 0 Å². The maximum Gasteiger partial charge on any atom is 0.204 e. The lowest BCUT2D eigenvalue weighted by Crippen LogP contribution is -2.36. The molecule has 4 fully saturated rings. The summed E-state index contributed by atoms with van der Waals surface area (Å²) < 4.78 is 39.5. The summed E-state index contributed by atoms with van der Waals surface area (Å²) in [4.78, 5) is 0. The Morgan fingerprint density at radius 2 is 1.14 bits per heavy atom. The van der Waals surface area contributed by atoms with Crippen LogP contribution in [0.5, 0.6) is 11.5 Å². The van der Waals surface area contributed by atoms with Gasteiger partial charge in [0.1, 0.15) is 0 Å². The second kappa shape index (κ2) is 12.5. The molecule has 0 radical (unpaired) electrons. The number of allylic oxidation sites excluding steroid dienone is 1. The summed E-state index contributed by atoms with van der Waals surface area (Å²) in [6.45, 7) is 6.56. The molecular formula is C33H48F2O2. The highest BCUT2D eigenvalue weighted by Gasteiger charge is 2.40. The van der Waals surface area contributed by atoms with Crippen LogP contribution in [0, 0.1) is 59.0 Å². The van der Waals surface area contributed by atoms with E-state index in [2.05, 4.69) is 12.7 Å². The van der Waals surface area contributed by atoms with Crippen LogP contribution in [-0.4, -0.2) is 13.2 Å². The summed E-state index contributed by atoms with van der Waals surface area (Å²) in [5.41, 5.74) is 0. The van der Waals surface area contributed by atoms with Crippen LogP contribution in [0.1, 0.15) is 96.8 Å². The normalized spacial score (nSPS) is 36.4. The van der Waals surface area contributed by atoms with Gasteiger partial charge in [0.15, 0.2) is 11.5 Å².